The molecule has 0 saturated carbocycles. The normalized spacial score (nSPS) is 18.0. The molecule has 6 nitrogen and oxygen atoms in total. The van der Waals surface area contributed by atoms with Crippen LogP contribution < -0.4 is 9.64 Å². The predicted molar refractivity (Wildman–Crippen MR) is 132 cm³/mol. The molecule has 32 heavy (non-hydrogen) atoms. The van der Waals surface area contributed by atoms with E-state index in [1.54, 1.807) is 36.3 Å². The molecule has 0 bridgehead atoms. The fourth-order valence-corrected chi connectivity index (χ4v) is 5.16. The maximum absolute atomic E-state index is 13.7. The minimum absolute atomic E-state index is 0. The lowest BCUT2D eigenvalue weighted by Gasteiger charge is -2.28. The van der Waals surface area contributed by atoms with Crippen molar-refractivity contribution >= 4 is 64.9 Å². The second kappa shape index (κ2) is 11.5. The minimum Gasteiger partial charge on any atom is -0.497 e. The van der Waals surface area contributed by atoms with Gasteiger partial charge in [-0.15, -0.1) is 24.2 Å². The van der Waals surface area contributed by atoms with Gasteiger partial charge in [0.1, 0.15) is 5.75 Å². The van der Waals surface area contributed by atoms with Crippen molar-refractivity contribution in [3.63, 3.8) is 0 Å². The van der Waals surface area contributed by atoms with E-state index in [1.807, 2.05) is 31.1 Å². The first kappa shape index (κ1) is 26.6. The van der Waals surface area contributed by atoms with Crippen LogP contribution in [0, 0.1) is 0 Å². The lowest BCUT2D eigenvalue weighted by Crippen LogP contribution is -2.45. The van der Waals surface area contributed by atoms with Crippen LogP contribution in [0.15, 0.2) is 41.3 Å². The number of benzene rings is 2. The third-order valence-corrected chi connectivity index (χ3v) is 7.20. The number of fused-ring (bicyclic) bond motifs is 1. The van der Waals surface area contributed by atoms with Crippen LogP contribution in [0.1, 0.15) is 17.7 Å². The number of hydrogen-bond acceptors (Lipinski definition) is 6. The van der Waals surface area contributed by atoms with Gasteiger partial charge < -0.3 is 19.3 Å². The summed E-state index contributed by atoms with van der Waals surface area (Å²) in [5.74, 6) is -0.144. The zero-order chi connectivity index (χ0) is 22.7. The van der Waals surface area contributed by atoms with Crippen LogP contribution in [-0.4, -0.2) is 57.2 Å². The number of anilines is 1. The van der Waals surface area contributed by atoms with E-state index in [-0.39, 0.29) is 18.3 Å². The van der Waals surface area contributed by atoms with E-state index in [9.17, 15) is 9.59 Å². The van der Waals surface area contributed by atoms with Crippen molar-refractivity contribution < 1.29 is 19.1 Å². The van der Waals surface area contributed by atoms with Crippen molar-refractivity contribution in [3.8, 4) is 5.75 Å². The summed E-state index contributed by atoms with van der Waals surface area (Å²) < 4.78 is 10.8. The SMILES string of the molecule is COc1ccc(C2Sc3c(ccc(Cl)c3Cl)N(CCN(C)C)C(=O)C2OC(C)=O)cc1.Cl. The van der Waals surface area contributed by atoms with Gasteiger partial charge in [-0.05, 0) is 43.9 Å². The van der Waals surface area contributed by atoms with Gasteiger partial charge >= 0.3 is 5.97 Å². The summed E-state index contributed by atoms with van der Waals surface area (Å²) in [6.07, 6.45) is -1.03. The van der Waals surface area contributed by atoms with E-state index < -0.39 is 17.3 Å². The summed E-state index contributed by atoms with van der Waals surface area (Å²) in [5.41, 5.74) is 1.46. The number of thioether (sulfide) groups is 1. The first-order valence-electron chi connectivity index (χ1n) is 9.65. The zero-order valence-electron chi connectivity index (χ0n) is 18.1. The second-order valence-electron chi connectivity index (χ2n) is 7.34. The van der Waals surface area contributed by atoms with Crippen molar-refractivity contribution in [1.82, 2.24) is 4.90 Å². The molecule has 2 aromatic rings. The van der Waals surface area contributed by atoms with Crippen LogP contribution >= 0.6 is 47.4 Å². The molecule has 0 radical (unpaired) electrons. The van der Waals surface area contributed by atoms with Gasteiger partial charge in [-0.2, -0.15) is 0 Å². The Morgan fingerprint density at radius 3 is 2.38 bits per heavy atom. The molecular formula is C22H25Cl3N2O4S. The Balaban J connectivity index is 0.00000363. The quantitative estimate of drug-likeness (QED) is 0.495. The minimum atomic E-state index is -1.03. The first-order valence-corrected chi connectivity index (χ1v) is 11.3. The molecule has 1 heterocycles. The summed E-state index contributed by atoms with van der Waals surface area (Å²) >= 11 is 14.3. The molecule has 1 amide bonds. The zero-order valence-corrected chi connectivity index (χ0v) is 21.3. The average molecular weight is 520 g/mol. The predicted octanol–water partition coefficient (Wildman–Crippen LogP) is 5.10. The Labute approximate surface area is 208 Å². The maximum Gasteiger partial charge on any atom is 0.303 e. The third-order valence-electron chi connectivity index (χ3n) is 4.86. The fourth-order valence-electron chi connectivity index (χ4n) is 3.30. The molecule has 0 N–H and O–H groups in total. The molecule has 10 heteroatoms. The van der Waals surface area contributed by atoms with Gasteiger partial charge in [0.2, 0.25) is 0 Å². The lowest BCUT2D eigenvalue weighted by molar-refractivity contribution is -0.152. The monoisotopic (exact) mass is 518 g/mol. The number of halogens is 3. The molecule has 2 atom stereocenters. The highest BCUT2D eigenvalue weighted by Crippen LogP contribution is 2.51. The number of carbonyl (C=O) groups excluding carboxylic acids is 2. The van der Waals surface area contributed by atoms with Gasteiger partial charge in [0.15, 0.2) is 6.10 Å². The smallest absolute Gasteiger partial charge is 0.303 e. The number of ether oxygens (including phenoxy) is 2. The molecule has 1 aliphatic rings. The van der Waals surface area contributed by atoms with Gasteiger partial charge in [0.25, 0.3) is 5.91 Å². The van der Waals surface area contributed by atoms with E-state index in [0.29, 0.717) is 39.5 Å². The Bertz CT molecular complexity index is 972. The molecule has 174 valence electrons. The molecular weight excluding hydrogens is 495 g/mol. The lowest BCUT2D eigenvalue weighted by atomic mass is 10.1. The molecule has 0 aromatic heterocycles. The largest absolute Gasteiger partial charge is 0.497 e. The molecule has 0 aliphatic carbocycles. The second-order valence-corrected chi connectivity index (χ2v) is 9.28. The summed E-state index contributed by atoms with van der Waals surface area (Å²) in [6, 6.07) is 10.8. The van der Waals surface area contributed by atoms with Gasteiger partial charge in [-0.25, -0.2) is 0 Å². The van der Waals surface area contributed by atoms with Crippen molar-refractivity contribution in [2.24, 2.45) is 0 Å². The number of carbonyl (C=O) groups is 2. The van der Waals surface area contributed by atoms with Crippen LogP contribution in [0.5, 0.6) is 5.75 Å². The standard InChI is InChI=1S/C22H24Cl2N2O4S.ClH/c1-13(27)30-19-20(14-5-7-15(29-4)8-6-14)31-21-17(10-9-16(23)18(21)24)26(22(19)28)12-11-25(2)3;/h5-10,19-20H,11-12H2,1-4H3;1H. The Kier molecular flexibility index (Phi) is 9.54. The number of methoxy groups -OCH3 is 1. The molecule has 2 aromatic carbocycles. The number of amides is 1. The van der Waals surface area contributed by atoms with E-state index in [2.05, 4.69) is 0 Å². The summed E-state index contributed by atoms with van der Waals surface area (Å²) in [7, 11) is 5.44. The first-order chi connectivity index (χ1) is 14.7. The highest BCUT2D eigenvalue weighted by Gasteiger charge is 2.41. The van der Waals surface area contributed by atoms with Crippen LogP contribution in [0.4, 0.5) is 5.69 Å². The van der Waals surface area contributed by atoms with E-state index in [1.165, 1.54) is 18.7 Å². The van der Waals surface area contributed by atoms with Crippen LogP contribution in [0.2, 0.25) is 10.0 Å². The highest BCUT2D eigenvalue weighted by atomic mass is 35.5. The maximum atomic E-state index is 13.7. The number of likely N-dealkylation sites (N-methyl/N-ethyl adjacent to an activating group) is 1. The van der Waals surface area contributed by atoms with E-state index in [4.69, 9.17) is 32.7 Å². The molecule has 2 unspecified atom stereocenters. The van der Waals surface area contributed by atoms with E-state index in [0.717, 1.165) is 5.56 Å². The Morgan fingerprint density at radius 1 is 1.16 bits per heavy atom. The average Bonchev–Trinajstić information content (AvgIpc) is 2.84. The highest BCUT2D eigenvalue weighted by molar-refractivity contribution is 8.00. The van der Waals surface area contributed by atoms with Crippen molar-refractivity contribution in [2.45, 2.75) is 23.2 Å². The number of nitrogens with zero attached hydrogens (tertiary/aromatic N) is 2. The van der Waals surface area contributed by atoms with Crippen LogP contribution in [-0.2, 0) is 14.3 Å². The number of esters is 1. The third kappa shape index (κ3) is 5.83. The van der Waals surface area contributed by atoms with E-state index >= 15 is 0 Å². The topological polar surface area (TPSA) is 59.1 Å². The van der Waals surface area contributed by atoms with Gasteiger partial charge in [-0.3, -0.25) is 9.59 Å². The number of hydrogen-bond donors (Lipinski definition) is 0. The van der Waals surface area contributed by atoms with Crippen LogP contribution in [0.3, 0.4) is 0 Å². The van der Waals surface area contributed by atoms with Crippen molar-refractivity contribution in [2.75, 3.05) is 39.2 Å². The summed E-state index contributed by atoms with van der Waals surface area (Å²) in [4.78, 5) is 29.9. The summed E-state index contributed by atoms with van der Waals surface area (Å²) in [6.45, 7) is 2.33. The number of rotatable bonds is 6. The van der Waals surface area contributed by atoms with Crippen molar-refractivity contribution in [1.29, 1.82) is 0 Å². The van der Waals surface area contributed by atoms with Gasteiger partial charge in [0, 0.05) is 20.0 Å². The molecule has 0 fully saturated rings. The van der Waals surface area contributed by atoms with Gasteiger partial charge in [-0.1, -0.05) is 35.3 Å². The Morgan fingerprint density at radius 2 is 1.81 bits per heavy atom. The molecule has 3 rings (SSSR count). The fraction of sp³-hybridized carbons (Fsp3) is 0.364. The summed E-state index contributed by atoms with van der Waals surface area (Å²) in [5, 5.41) is 0.252. The molecule has 1 aliphatic heterocycles. The molecule has 0 spiro atoms. The van der Waals surface area contributed by atoms with Crippen LogP contribution in [0.25, 0.3) is 0 Å². The Hall–Kier alpha value is -1.64. The molecule has 0 saturated heterocycles. The van der Waals surface area contributed by atoms with Gasteiger partial charge in [0.05, 0.1) is 33.0 Å². The van der Waals surface area contributed by atoms with Crippen molar-refractivity contribution in [3.05, 3.63) is 52.0 Å².